The summed E-state index contributed by atoms with van der Waals surface area (Å²) in [5, 5.41) is 0. The van der Waals surface area contributed by atoms with Gasteiger partial charge in [-0.1, -0.05) is 12.1 Å². The van der Waals surface area contributed by atoms with Crippen LogP contribution in [0.2, 0.25) is 0 Å². The lowest BCUT2D eigenvalue weighted by molar-refractivity contribution is -0.141. The minimum Gasteiger partial charge on any atom is -0.493 e. The molecule has 16 heavy (non-hydrogen) atoms. The molecule has 1 aromatic carbocycles. The third-order valence-corrected chi connectivity index (χ3v) is 2.99. The number of hydrogen-bond donors (Lipinski definition) is 0. The fourth-order valence-corrected chi connectivity index (χ4v) is 1.96. The van der Waals surface area contributed by atoms with Crippen LogP contribution in [-0.2, 0) is 16.0 Å². The molecule has 0 spiro atoms. The third-order valence-electron chi connectivity index (χ3n) is 2.99. The lowest BCUT2D eigenvalue weighted by Crippen LogP contribution is -2.13. The minimum atomic E-state index is -0.211. The first-order valence-electron chi connectivity index (χ1n) is 5.56. The van der Waals surface area contributed by atoms with Crippen molar-refractivity contribution >= 4 is 5.97 Å². The largest absolute Gasteiger partial charge is 0.493 e. The van der Waals surface area contributed by atoms with Crippen molar-refractivity contribution < 1.29 is 14.3 Å². The van der Waals surface area contributed by atoms with Crippen LogP contribution < -0.4 is 4.74 Å². The number of carbonyl (C=O) groups excluding carboxylic acids is 1. The van der Waals surface area contributed by atoms with Crippen LogP contribution in [0.15, 0.2) is 18.2 Å². The first kappa shape index (κ1) is 11.0. The summed E-state index contributed by atoms with van der Waals surface area (Å²) in [5.41, 5.74) is 2.19. The molecule has 0 radical (unpaired) electrons. The molecular formula is C13H16O3. The van der Waals surface area contributed by atoms with E-state index in [9.17, 15) is 4.79 Å². The number of methoxy groups -OCH3 is 1. The highest BCUT2D eigenvalue weighted by atomic mass is 16.5. The van der Waals surface area contributed by atoms with E-state index >= 15 is 0 Å². The van der Waals surface area contributed by atoms with Gasteiger partial charge in [-0.2, -0.15) is 0 Å². The number of carbonyl (C=O) groups is 1. The molecular weight excluding hydrogens is 204 g/mol. The van der Waals surface area contributed by atoms with Gasteiger partial charge in [0, 0.05) is 0 Å². The molecule has 2 rings (SSSR count). The van der Waals surface area contributed by atoms with Gasteiger partial charge in [0.25, 0.3) is 0 Å². The van der Waals surface area contributed by atoms with E-state index in [0.29, 0.717) is 0 Å². The summed E-state index contributed by atoms with van der Waals surface area (Å²) in [6.07, 6.45) is 2.07. The maximum Gasteiger partial charge on any atom is 0.312 e. The highest BCUT2D eigenvalue weighted by Crippen LogP contribution is 2.28. The van der Waals surface area contributed by atoms with Gasteiger partial charge < -0.3 is 9.47 Å². The van der Waals surface area contributed by atoms with Crippen LogP contribution in [0.25, 0.3) is 0 Å². The van der Waals surface area contributed by atoms with Crippen LogP contribution in [0.3, 0.4) is 0 Å². The highest BCUT2D eigenvalue weighted by Gasteiger charge is 2.18. The van der Waals surface area contributed by atoms with Gasteiger partial charge in [0.1, 0.15) is 5.75 Å². The molecule has 1 heterocycles. The zero-order valence-electron chi connectivity index (χ0n) is 9.66. The molecule has 1 aromatic rings. The van der Waals surface area contributed by atoms with E-state index in [-0.39, 0.29) is 11.9 Å². The molecule has 1 atom stereocenters. The molecule has 0 aromatic heterocycles. The Morgan fingerprint density at radius 3 is 3.06 bits per heavy atom. The molecule has 3 nitrogen and oxygen atoms in total. The molecule has 0 amide bonds. The van der Waals surface area contributed by atoms with E-state index in [1.807, 2.05) is 19.1 Å². The highest BCUT2D eigenvalue weighted by molar-refractivity contribution is 5.77. The second-order valence-electron chi connectivity index (χ2n) is 4.06. The van der Waals surface area contributed by atoms with Crippen LogP contribution in [0.4, 0.5) is 0 Å². The van der Waals surface area contributed by atoms with Gasteiger partial charge in [-0.15, -0.1) is 0 Å². The van der Waals surface area contributed by atoms with E-state index < -0.39 is 0 Å². The Morgan fingerprint density at radius 1 is 1.50 bits per heavy atom. The van der Waals surface area contributed by atoms with E-state index in [4.69, 9.17) is 9.47 Å². The summed E-state index contributed by atoms with van der Waals surface area (Å²) in [6.45, 7) is 2.65. The zero-order chi connectivity index (χ0) is 11.5. The first-order chi connectivity index (χ1) is 7.72. The Bertz CT molecular complexity index is 398. The summed E-state index contributed by atoms with van der Waals surface area (Å²) in [4.78, 5) is 11.4. The lowest BCUT2D eigenvalue weighted by Gasteiger charge is -2.19. The van der Waals surface area contributed by atoms with Crippen molar-refractivity contribution in [1.82, 2.24) is 0 Å². The summed E-state index contributed by atoms with van der Waals surface area (Å²) in [6, 6.07) is 5.94. The van der Waals surface area contributed by atoms with Gasteiger partial charge in [-0.3, -0.25) is 4.79 Å². The quantitative estimate of drug-likeness (QED) is 0.717. The van der Waals surface area contributed by atoms with Crippen molar-refractivity contribution in [2.45, 2.75) is 25.7 Å². The summed E-state index contributed by atoms with van der Waals surface area (Å²) >= 11 is 0. The van der Waals surface area contributed by atoms with Crippen LogP contribution in [-0.4, -0.2) is 19.7 Å². The van der Waals surface area contributed by atoms with Gasteiger partial charge in [0.15, 0.2) is 0 Å². The molecule has 3 heteroatoms. The van der Waals surface area contributed by atoms with Crippen molar-refractivity contribution in [3.63, 3.8) is 0 Å². The number of fused-ring (bicyclic) bond motifs is 1. The normalized spacial score (nSPS) is 15.9. The Balaban J connectivity index is 2.26. The SMILES string of the molecule is COC(=O)C(C)c1ccc2c(c1)CCCO2. The fraction of sp³-hybridized carbons (Fsp3) is 0.462. The van der Waals surface area contributed by atoms with Crippen molar-refractivity contribution in [1.29, 1.82) is 0 Å². The maximum atomic E-state index is 11.4. The Hall–Kier alpha value is -1.51. The number of hydrogen-bond acceptors (Lipinski definition) is 3. The Labute approximate surface area is 95.4 Å². The van der Waals surface area contributed by atoms with Gasteiger partial charge in [-0.25, -0.2) is 0 Å². The van der Waals surface area contributed by atoms with Crippen molar-refractivity contribution in [3.8, 4) is 5.75 Å². The molecule has 1 aliphatic heterocycles. The zero-order valence-corrected chi connectivity index (χ0v) is 9.66. The Morgan fingerprint density at radius 2 is 2.31 bits per heavy atom. The first-order valence-corrected chi connectivity index (χ1v) is 5.56. The smallest absolute Gasteiger partial charge is 0.312 e. The molecule has 1 aliphatic rings. The average Bonchev–Trinajstić information content (AvgIpc) is 2.36. The standard InChI is InChI=1S/C13H16O3/c1-9(13(14)15-2)10-5-6-12-11(8-10)4-3-7-16-12/h5-6,8-9H,3-4,7H2,1-2H3. The second kappa shape index (κ2) is 4.56. The average molecular weight is 220 g/mol. The number of esters is 1. The number of rotatable bonds is 2. The molecule has 0 N–H and O–H groups in total. The van der Waals surface area contributed by atoms with Gasteiger partial charge >= 0.3 is 5.97 Å². The molecule has 1 unspecified atom stereocenters. The number of aryl methyl sites for hydroxylation is 1. The molecule has 0 bridgehead atoms. The monoisotopic (exact) mass is 220 g/mol. The van der Waals surface area contributed by atoms with Crippen LogP contribution in [0, 0.1) is 0 Å². The lowest BCUT2D eigenvalue weighted by atomic mass is 9.96. The Kier molecular flexibility index (Phi) is 3.13. The predicted molar refractivity (Wildman–Crippen MR) is 60.7 cm³/mol. The molecule has 0 aliphatic carbocycles. The summed E-state index contributed by atoms with van der Waals surface area (Å²) in [5.74, 6) is 0.543. The number of benzene rings is 1. The van der Waals surface area contributed by atoms with Crippen molar-refractivity contribution in [2.24, 2.45) is 0 Å². The van der Waals surface area contributed by atoms with Crippen LogP contribution in [0.5, 0.6) is 5.75 Å². The molecule has 0 fully saturated rings. The van der Waals surface area contributed by atoms with Gasteiger partial charge in [0.05, 0.1) is 19.6 Å². The van der Waals surface area contributed by atoms with Crippen LogP contribution >= 0.6 is 0 Å². The summed E-state index contributed by atoms with van der Waals surface area (Å²) < 4.78 is 10.3. The predicted octanol–water partition coefficient (Wildman–Crippen LogP) is 2.29. The van der Waals surface area contributed by atoms with E-state index in [1.165, 1.54) is 12.7 Å². The number of ether oxygens (including phenoxy) is 2. The molecule has 0 saturated carbocycles. The van der Waals surface area contributed by atoms with Crippen molar-refractivity contribution in [2.75, 3.05) is 13.7 Å². The van der Waals surface area contributed by atoms with Crippen LogP contribution in [0.1, 0.15) is 30.4 Å². The maximum absolute atomic E-state index is 11.4. The fourth-order valence-electron chi connectivity index (χ4n) is 1.96. The van der Waals surface area contributed by atoms with Gasteiger partial charge in [-0.05, 0) is 37.0 Å². The van der Waals surface area contributed by atoms with Gasteiger partial charge in [0.2, 0.25) is 0 Å². The van der Waals surface area contributed by atoms with E-state index in [1.54, 1.807) is 0 Å². The minimum absolute atomic E-state index is 0.198. The third kappa shape index (κ3) is 2.03. The molecule has 0 saturated heterocycles. The second-order valence-corrected chi connectivity index (χ2v) is 4.06. The molecule has 86 valence electrons. The van der Waals surface area contributed by atoms with Crippen molar-refractivity contribution in [3.05, 3.63) is 29.3 Å². The topological polar surface area (TPSA) is 35.5 Å². The van der Waals surface area contributed by atoms with E-state index in [2.05, 4.69) is 6.07 Å². The van der Waals surface area contributed by atoms with E-state index in [0.717, 1.165) is 30.8 Å². The summed E-state index contributed by atoms with van der Waals surface area (Å²) in [7, 11) is 1.42.